The molecule has 0 radical (unpaired) electrons. The van der Waals surface area contributed by atoms with Gasteiger partial charge in [-0.3, -0.25) is 14.0 Å². The molecule has 1 unspecified atom stereocenters. The zero-order chi connectivity index (χ0) is 24.7. The van der Waals surface area contributed by atoms with Crippen molar-refractivity contribution >= 4 is 73.9 Å². The van der Waals surface area contributed by atoms with E-state index in [2.05, 4.69) is 0 Å². The van der Waals surface area contributed by atoms with Crippen LogP contribution in [0.5, 0.6) is 5.75 Å². The summed E-state index contributed by atoms with van der Waals surface area (Å²) in [4.78, 5) is 20.1. The summed E-state index contributed by atoms with van der Waals surface area (Å²) in [5, 5.41) is 0.623. The third-order valence-corrected chi connectivity index (χ3v) is 8.32. The largest absolute Gasteiger partial charge is 0.497 e. The van der Waals surface area contributed by atoms with Crippen molar-refractivity contribution in [1.29, 1.82) is 0 Å². The number of rotatable bonds is 4. The molecular formula is C25H21Cl3N4O2S. The van der Waals surface area contributed by atoms with Gasteiger partial charge < -0.3 is 4.74 Å². The fourth-order valence-electron chi connectivity index (χ4n) is 4.08. The summed E-state index contributed by atoms with van der Waals surface area (Å²) < 4.78 is 7.18. The number of benzene rings is 3. The highest BCUT2D eigenvalue weighted by atomic mass is 35.6. The second-order valence-electron chi connectivity index (χ2n) is 7.81. The Morgan fingerprint density at radius 3 is 2.00 bits per heavy atom. The molecule has 0 aliphatic carbocycles. The first kappa shape index (κ1) is 24.0. The van der Waals surface area contributed by atoms with E-state index in [4.69, 9.17) is 44.5 Å². The molecule has 0 bridgehead atoms. The van der Waals surface area contributed by atoms with Gasteiger partial charge in [0.25, 0.3) is 0 Å². The highest BCUT2D eigenvalue weighted by Crippen LogP contribution is 2.52. The van der Waals surface area contributed by atoms with Crippen molar-refractivity contribution in [1.82, 2.24) is 4.31 Å². The Morgan fingerprint density at radius 2 is 1.49 bits per heavy atom. The van der Waals surface area contributed by atoms with E-state index in [-0.39, 0.29) is 5.91 Å². The number of para-hydroxylation sites is 2. The number of anilines is 2. The molecule has 0 aromatic heterocycles. The minimum Gasteiger partial charge on any atom is -0.497 e. The summed E-state index contributed by atoms with van der Waals surface area (Å²) in [7, 11) is 0.626. The Morgan fingerprint density at radius 1 is 0.914 bits per heavy atom. The quantitative estimate of drug-likeness (QED) is 0.288. The maximum Gasteiger partial charge on any atom is 0.232 e. The number of alkyl halides is 3. The van der Waals surface area contributed by atoms with Crippen LogP contribution in [0.2, 0.25) is 0 Å². The molecule has 0 fully saturated rings. The molecule has 2 aliphatic heterocycles. The molecule has 2 atom stereocenters. The number of amidine groups is 1. The van der Waals surface area contributed by atoms with Gasteiger partial charge in [0.2, 0.25) is 14.8 Å². The lowest BCUT2D eigenvalue weighted by atomic mass is 10.2. The van der Waals surface area contributed by atoms with E-state index in [9.17, 15) is 4.79 Å². The SMILES string of the molecule is COc1ccc(C2=NC3=S(N2c2ccccc2)N(C(C)=O)[C@@H](C(Cl)(Cl)Cl)N3c2ccccc2)cc1. The van der Waals surface area contributed by atoms with Crippen molar-refractivity contribution in [3.05, 3.63) is 90.5 Å². The van der Waals surface area contributed by atoms with Crippen LogP contribution >= 0.6 is 45.7 Å². The molecule has 10 heteroatoms. The molecule has 5 rings (SSSR count). The molecule has 3 aromatic carbocycles. The molecule has 1 amide bonds. The molecular weight excluding hydrogens is 527 g/mol. The highest BCUT2D eigenvalue weighted by molar-refractivity contribution is 8.17. The number of carbonyl (C=O) groups is 1. The predicted molar refractivity (Wildman–Crippen MR) is 147 cm³/mol. The Hall–Kier alpha value is -2.71. The lowest BCUT2D eigenvalue weighted by molar-refractivity contribution is -0.125. The highest BCUT2D eigenvalue weighted by Gasteiger charge is 2.55. The van der Waals surface area contributed by atoms with Crippen LogP contribution in [0.15, 0.2) is 89.9 Å². The summed E-state index contributed by atoms with van der Waals surface area (Å²) in [6, 6.07) is 27.0. The normalized spacial score (nSPS) is 19.6. The molecule has 0 N–H and O–H groups in total. The van der Waals surface area contributed by atoms with Crippen LogP contribution in [0.3, 0.4) is 0 Å². The van der Waals surface area contributed by atoms with E-state index in [1.807, 2.05) is 94.1 Å². The van der Waals surface area contributed by atoms with Crippen molar-refractivity contribution in [3.63, 3.8) is 0 Å². The first-order valence-electron chi connectivity index (χ1n) is 10.7. The number of methoxy groups -OCH3 is 1. The summed E-state index contributed by atoms with van der Waals surface area (Å²) in [5.41, 5.74) is 2.50. The van der Waals surface area contributed by atoms with Crippen LogP contribution in [0.25, 0.3) is 0 Å². The van der Waals surface area contributed by atoms with Gasteiger partial charge in [-0.25, -0.2) is 9.30 Å². The van der Waals surface area contributed by atoms with Gasteiger partial charge in [0.1, 0.15) is 5.75 Å². The maximum atomic E-state index is 13.1. The van der Waals surface area contributed by atoms with Gasteiger partial charge in [-0.05, 0) is 48.5 Å². The van der Waals surface area contributed by atoms with Gasteiger partial charge in [-0.1, -0.05) is 71.2 Å². The van der Waals surface area contributed by atoms with Gasteiger partial charge in [0.05, 0.1) is 23.7 Å². The monoisotopic (exact) mass is 546 g/mol. The third kappa shape index (κ3) is 4.27. The topological polar surface area (TPSA) is 48.4 Å². The molecule has 6 nitrogen and oxygen atoms in total. The Labute approximate surface area is 221 Å². The molecule has 0 spiro atoms. The van der Waals surface area contributed by atoms with Gasteiger partial charge in [0.15, 0.2) is 12.0 Å². The predicted octanol–water partition coefficient (Wildman–Crippen LogP) is 6.21. The van der Waals surface area contributed by atoms with Crippen LogP contribution in [0.4, 0.5) is 11.4 Å². The number of hydrogen-bond donors (Lipinski definition) is 0. The van der Waals surface area contributed by atoms with Gasteiger partial charge >= 0.3 is 0 Å². The van der Waals surface area contributed by atoms with Crippen molar-refractivity contribution in [3.8, 4) is 5.75 Å². The van der Waals surface area contributed by atoms with Crippen LogP contribution < -0.4 is 13.9 Å². The molecule has 180 valence electrons. The lowest BCUT2D eigenvalue weighted by Crippen LogP contribution is -2.53. The lowest BCUT2D eigenvalue weighted by Gasteiger charge is -2.38. The van der Waals surface area contributed by atoms with Crippen molar-refractivity contribution in [2.75, 3.05) is 16.3 Å². The first-order chi connectivity index (χ1) is 16.8. The summed E-state index contributed by atoms with van der Waals surface area (Å²) in [6.07, 6.45) is -0.891. The number of halogens is 3. The van der Waals surface area contributed by atoms with Crippen molar-refractivity contribution in [2.45, 2.75) is 16.9 Å². The van der Waals surface area contributed by atoms with Crippen LogP contribution in [0, 0.1) is 0 Å². The number of carbonyl (C=O) groups excluding carboxylic acids is 1. The Balaban J connectivity index is 1.76. The minimum atomic E-state index is -1.80. The van der Waals surface area contributed by atoms with E-state index in [1.54, 1.807) is 11.4 Å². The second kappa shape index (κ2) is 9.39. The molecule has 3 aromatic rings. The van der Waals surface area contributed by atoms with E-state index >= 15 is 0 Å². The molecule has 2 heterocycles. The van der Waals surface area contributed by atoms with Crippen molar-refractivity contribution < 1.29 is 9.53 Å². The molecule has 0 saturated heterocycles. The second-order valence-corrected chi connectivity index (χ2v) is 11.8. The van der Waals surface area contributed by atoms with Gasteiger partial charge in [-0.15, -0.1) is 0 Å². The zero-order valence-corrected chi connectivity index (χ0v) is 21.9. The van der Waals surface area contributed by atoms with Crippen LogP contribution in [0.1, 0.15) is 12.5 Å². The molecule has 35 heavy (non-hydrogen) atoms. The van der Waals surface area contributed by atoms with E-state index < -0.39 is 20.8 Å². The van der Waals surface area contributed by atoms with E-state index in [0.29, 0.717) is 10.9 Å². The number of amides is 1. The smallest absolute Gasteiger partial charge is 0.232 e. The average molecular weight is 548 g/mol. The number of ether oxygens (including phenoxy) is 1. The van der Waals surface area contributed by atoms with Gasteiger partial charge in [-0.2, -0.15) is 0 Å². The Bertz CT molecular complexity index is 1310. The fraction of sp³-hybridized carbons (Fsp3) is 0.160. The summed E-state index contributed by atoms with van der Waals surface area (Å²) in [5.74, 6) is 1.20. The minimum absolute atomic E-state index is 0.229. The maximum absolute atomic E-state index is 13.1. The number of nitrogens with zero attached hydrogens (tertiary/aromatic N) is 4. The van der Waals surface area contributed by atoms with Crippen molar-refractivity contribution in [2.24, 2.45) is 4.99 Å². The van der Waals surface area contributed by atoms with Gasteiger partial charge in [0, 0.05) is 18.2 Å². The fourth-order valence-corrected chi connectivity index (χ4v) is 7.22. The molecule has 0 saturated carbocycles. The summed E-state index contributed by atoms with van der Waals surface area (Å²) >= 11 is 19.6. The Kier molecular flexibility index (Phi) is 6.44. The summed E-state index contributed by atoms with van der Waals surface area (Å²) in [6.45, 7) is 1.48. The first-order valence-corrected chi connectivity index (χ1v) is 13.0. The van der Waals surface area contributed by atoms with Crippen LogP contribution in [-0.2, 0) is 4.79 Å². The standard InChI is InChI=1S/C25H21Cl3N4O2S/c1-17(33)31-23(25(26,27)28)30(19-9-5-3-6-10-19)24-29-22(18-13-15-21(34-2)16-14-18)32(35(24)31)20-11-7-4-8-12-20/h3-16,23H,1-2H3/t23-,35?/m0/s1. The number of hydrogen-bond acceptors (Lipinski definition) is 5. The van der Waals surface area contributed by atoms with Crippen LogP contribution in [-0.4, -0.2) is 38.2 Å². The zero-order valence-electron chi connectivity index (χ0n) is 18.8. The van der Waals surface area contributed by atoms with E-state index in [1.165, 1.54) is 6.92 Å². The number of aliphatic imine (C=N–C) groups is 1. The average Bonchev–Trinajstić information content (AvgIpc) is 3.40. The molecule has 2 aliphatic rings. The van der Waals surface area contributed by atoms with E-state index in [0.717, 1.165) is 22.7 Å². The third-order valence-electron chi connectivity index (χ3n) is 5.57.